The Kier molecular flexibility index (Phi) is 5.74. The van der Waals surface area contributed by atoms with Crippen LogP contribution in [0.5, 0.6) is 0 Å². The minimum absolute atomic E-state index is 0.103. The van der Waals surface area contributed by atoms with Gasteiger partial charge in [-0.1, -0.05) is 30.3 Å². The van der Waals surface area contributed by atoms with Crippen molar-refractivity contribution in [1.82, 2.24) is 14.5 Å². The summed E-state index contributed by atoms with van der Waals surface area (Å²) in [6.07, 6.45) is 3.99. The van der Waals surface area contributed by atoms with Crippen molar-refractivity contribution < 1.29 is 9.53 Å². The van der Waals surface area contributed by atoms with Gasteiger partial charge in [0, 0.05) is 24.1 Å². The number of rotatable bonds is 5. The van der Waals surface area contributed by atoms with E-state index in [4.69, 9.17) is 4.74 Å². The number of benzene rings is 1. The zero-order chi connectivity index (χ0) is 23.2. The third kappa shape index (κ3) is 4.17. The van der Waals surface area contributed by atoms with Gasteiger partial charge < -0.3 is 10.1 Å². The van der Waals surface area contributed by atoms with Gasteiger partial charge in [-0.05, 0) is 57.1 Å². The molecule has 174 valence electrons. The van der Waals surface area contributed by atoms with Crippen molar-refractivity contribution >= 4 is 27.5 Å². The maximum Gasteiger partial charge on any atom is 0.332 e. The third-order valence-electron chi connectivity index (χ3n) is 6.69. The summed E-state index contributed by atoms with van der Waals surface area (Å²) < 4.78 is 8.75. The van der Waals surface area contributed by atoms with Crippen LogP contribution in [0.4, 0.5) is 0 Å². The summed E-state index contributed by atoms with van der Waals surface area (Å²) in [6.45, 7) is 4.77. The average Bonchev–Trinajstić information content (AvgIpc) is 3.37. The summed E-state index contributed by atoms with van der Waals surface area (Å²) >= 11 is 1.50. The van der Waals surface area contributed by atoms with E-state index < -0.39 is 11.3 Å². The quantitative estimate of drug-likeness (QED) is 0.625. The molecular formula is C25H29N3O4S. The van der Waals surface area contributed by atoms with Crippen LogP contribution in [-0.2, 0) is 35.5 Å². The molecule has 3 heterocycles. The highest BCUT2D eigenvalue weighted by Crippen LogP contribution is 2.36. The molecule has 33 heavy (non-hydrogen) atoms. The van der Waals surface area contributed by atoms with Gasteiger partial charge in [0.05, 0.1) is 11.0 Å². The smallest absolute Gasteiger partial charge is 0.332 e. The lowest BCUT2D eigenvalue weighted by Crippen LogP contribution is -2.47. The van der Waals surface area contributed by atoms with Crippen LogP contribution >= 0.6 is 11.3 Å². The van der Waals surface area contributed by atoms with Gasteiger partial charge in [-0.2, -0.15) is 0 Å². The van der Waals surface area contributed by atoms with Crippen molar-refractivity contribution in [2.45, 2.75) is 70.7 Å². The number of hydrogen-bond donors (Lipinski definition) is 1. The number of carbonyl (C=O) groups excluding carboxylic acids is 1. The third-order valence-corrected chi connectivity index (χ3v) is 8.00. The van der Waals surface area contributed by atoms with E-state index in [0.29, 0.717) is 36.2 Å². The van der Waals surface area contributed by atoms with E-state index in [1.54, 1.807) is 0 Å². The molecule has 0 radical (unpaired) electrons. The number of aromatic nitrogens is 2. The van der Waals surface area contributed by atoms with E-state index in [-0.39, 0.29) is 24.1 Å². The minimum atomic E-state index is -0.405. The van der Waals surface area contributed by atoms with E-state index in [1.165, 1.54) is 25.3 Å². The fourth-order valence-corrected chi connectivity index (χ4v) is 6.47. The molecular weight excluding hydrogens is 438 g/mol. The second-order valence-corrected chi connectivity index (χ2v) is 10.7. The van der Waals surface area contributed by atoms with Gasteiger partial charge in [0.25, 0.3) is 5.56 Å². The number of ether oxygens (including phenoxy) is 1. The van der Waals surface area contributed by atoms with Crippen LogP contribution < -0.4 is 16.6 Å². The Hall–Kier alpha value is -2.71. The van der Waals surface area contributed by atoms with Gasteiger partial charge in [0.15, 0.2) is 0 Å². The first-order valence-corrected chi connectivity index (χ1v) is 12.4. The van der Waals surface area contributed by atoms with Crippen molar-refractivity contribution in [3.63, 3.8) is 0 Å². The van der Waals surface area contributed by atoms with Gasteiger partial charge in [0.2, 0.25) is 5.91 Å². The second kappa shape index (κ2) is 8.57. The zero-order valence-electron chi connectivity index (χ0n) is 19.1. The fraction of sp³-hybridized carbons (Fsp3) is 0.480. The van der Waals surface area contributed by atoms with Crippen LogP contribution in [0.15, 0.2) is 39.9 Å². The molecule has 1 saturated heterocycles. The minimum Gasteiger partial charge on any atom is -0.375 e. The van der Waals surface area contributed by atoms with Crippen LogP contribution in [0.1, 0.15) is 55.2 Å². The van der Waals surface area contributed by atoms with Gasteiger partial charge in [0.1, 0.15) is 11.4 Å². The van der Waals surface area contributed by atoms with Crippen LogP contribution in [0.25, 0.3) is 10.2 Å². The summed E-state index contributed by atoms with van der Waals surface area (Å²) in [5, 5.41) is 3.55. The number of nitrogens with zero attached hydrogens (tertiary/aromatic N) is 2. The largest absolute Gasteiger partial charge is 0.375 e. The predicted octanol–water partition coefficient (Wildman–Crippen LogP) is 3.16. The van der Waals surface area contributed by atoms with Crippen LogP contribution in [0, 0.1) is 0 Å². The number of aryl methyl sites for hydroxylation is 2. The Balaban J connectivity index is 1.55. The Labute approximate surface area is 196 Å². The lowest BCUT2D eigenvalue weighted by Gasteiger charge is -2.36. The maximum atomic E-state index is 13.7. The molecule has 1 unspecified atom stereocenters. The molecule has 1 aliphatic heterocycles. The summed E-state index contributed by atoms with van der Waals surface area (Å²) in [5.74, 6) is -0.242. The Morgan fingerprint density at radius 1 is 1.21 bits per heavy atom. The van der Waals surface area contributed by atoms with Crippen molar-refractivity contribution in [1.29, 1.82) is 0 Å². The molecule has 1 amide bonds. The molecule has 1 aromatic carbocycles. The topological polar surface area (TPSA) is 82.3 Å². The highest BCUT2D eigenvalue weighted by molar-refractivity contribution is 7.19. The van der Waals surface area contributed by atoms with Crippen molar-refractivity contribution in [3.8, 4) is 0 Å². The fourth-order valence-electron chi connectivity index (χ4n) is 5.10. The molecule has 1 N–H and O–H groups in total. The SMILES string of the molecule is CC1(C)CC(n2c(=O)c3c4c(sc3n(CC(=O)NCc3ccccc3)c2=O)CCC4)CCO1. The van der Waals surface area contributed by atoms with Crippen molar-refractivity contribution in [2.75, 3.05) is 6.61 Å². The number of fused-ring (bicyclic) bond motifs is 3. The molecule has 1 fully saturated rings. The van der Waals surface area contributed by atoms with Crippen molar-refractivity contribution in [3.05, 3.63) is 67.2 Å². The maximum absolute atomic E-state index is 13.7. The number of carbonyl (C=O) groups is 1. The summed E-state index contributed by atoms with van der Waals surface area (Å²) in [7, 11) is 0. The first kappa shape index (κ1) is 22.1. The Morgan fingerprint density at radius 3 is 2.76 bits per heavy atom. The molecule has 3 aromatic rings. The second-order valence-electron chi connectivity index (χ2n) is 9.60. The number of hydrogen-bond acceptors (Lipinski definition) is 5. The van der Waals surface area contributed by atoms with Gasteiger partial charge in [-0.3, -0.25) is 18.7 Å². The first-order chi connectivity index (χ1) is 15.8. The predicted molar refractivity (Wildman–Crippen MR) is 129 cm³/mol. The summed E-state index contributed by atoms with van der Waals surface area (Å²) in [6, 6.07) is 9.43. The molecule has 2 aliphatic rings. The van der Waals surface area contributed by atoms with E-state index in [1.807, 2.05) is 44.2 Å². The summed E-state index contributed by atoms with van der Waals surface area (Å²) in [5.41, 5.74) is 1.05. The van der Waals surface area contributed by atoms with E-state index in [9.17, 15) is 14.4 Å². The van der Waals surface area contributed by atoms with Crippen LogP contribution in [0.2, 0.25) is 0 Å². The zero-order valence-corrected chi connectivity index (χ0v) is 19.9. The lowest BCUT2D eigenvalue weighted by molar-refractivity contribution is -0.121. The first-order valence-electron chi connectivity index (χ1n) is 11.6. The van der Waals surface area contributed by atoms with Gasteiger partial charge in [-0.25, -0.2) is 4.79 Å². The van der Waals surface area contributed by atoms with E-state index >= 15 is 0 Å². The molecule has 0 bridgehead atoms. The number of nitrogens with one attached hydrogen (secondary N) is 1. The number of amides is 1. The Bertz CT molecular complexity index is 1320. The molecule has 0 spiro atoms. The monoisotopic (exact) mass is 467 g/mol. The molecule has 5 rings (SSSR count). The van der Waals surface area contributed by atoms with Crippen LogP contribution in [-0.4, -0.2) is 27.2 Å². The standard InChI is InChI=1S/C25H29N3O4S/c1-25(2)13-17(11-12-32-25)28-22(30)21-18-9-6-10-19(18)33-23(21)27(24(28)31)15-20(29)26-14-16-7-4-3-5-8-16/h3-5,7-8,17H,6,9-15H2,1-2H3,(H,26,29). The van der Waals surface area contributed by atoms with E-state index in [0.717, 1.165) is 30.4 Å². The molecule has 0 saturated carbocycles. The lowest BCUT2D eigenvalue weighted by atomic mass is 9.93. The van der Waals surface area contributed by atoms with Crippen LogP contribution in [0.3, 0.4) is 0 Å². The van der Waals surface area contributed by atoms with E-state index in [2.05, 4.69) is 5.32 Å². The Morgan fingerprint density at radius 2 is 2.00 bits per heavy atom. The normalized spacial score (nSPS) is 19.5. The molecule has 1 atom stereocenters. The molecule has 2 aromatic heterocycles. The van der Waals surface area contributed by atoms with Crippen molar-refractivity contribution in [2.24, 2.45) is 0 Å². The highest BCUT2D eigenvalue weighted by Gasteiger charge is 2.34. The molecule has 8 heteroatoms. The van der Waals surface area contributed by atoms with Gasteiger partial charge in [-0.15, -0.1) is 11.3 Å². The average molecular weight is 468 g/mol. The molecule has 1 aliphatic carbocycles. The summed E-state index contributed by atoms with van der Waals surface area (Å²) in [4.78, 5) is 42.0. The number of thiophene rings is 1. The van der Waals surface area contributed by atoms with Gasteiger partial charge >= 0.3 is 5.69 Å². The highest BCUT2D eigenvalue weighted by atomic mass is 32.1. The molecule has 7 nitrogen and oxygen atoms in total.